The van der Waals surface area contributed by atoms with Crippen LogP contribution in [0.1, 0.15) is 43.7 Å². The Morgan fingerprint density at radius 1 is 1.06 bits per heavy atom. The largest absolute Gasteiger partial charge is 0.469 e. The van der Waals surface area contributed by atoms with Gasteiger partial charge < -0.3 is 28.5 Å². The monoisotopic (exact) mass is 728 g/mol. The van der Waals surface area contributed by atoms with E-state index in [1.165, 1.54) is 16.7 Å². The number of aliphatic hydroxyl groups is 1. The van der Waals surface area contributed by atoms with Gasteiger partial charge in [0.25, 0.3) is 11.5 Å². The summed E-state index contributed by atoms with van der Waals surface area (Å²) in [5.41, 5.74) is -0.403. The van der Waals surface area contributed by atoms with Gasteiger partial charge in [0.1, 0.15) is 0 Å². The number of aromatic nitrogens is 2. The number of nitrogens with zero attached hydrogens (tertiary/aromatic N) is 4. The Bertz CT molecular complexity index is 2020. The van der Waals surface area contributed by atoms with Gasteiger partial charge >= 0.3 is 5.97 Å². The van der Waals surface area contributed by atoms with E-state index in [2.05, 4.69) is 5.10 Å². The van der Waals surface area contributed by atoms with E-state index in [0.717, 1.165) is 5.56 Å². The number of carbonyl (C=O) groups excluding carboxylic acids is 3. The molecule has 52 heavy (non-hydrogen) atoms. The number of hydrogen-bond donors (Lipinski definition) is 1. The first-order valence-electron chi connectivity index (χ1n) is 17.7. The second kappa shape index (κ2) is 15.1. The second-order valence-corrected chi connectivity index (χ2v) is 17.9. The summed E-state index contributed by atoms with van der Waals surface area (Å²) < 4.78 is 29.5. The number of aliphatic hydroxyl groups excluding tert-OH is 1. The van der Waals surface area contributed by atoms with Crippen LogP contribution < -0.4 is 10.5 Å². The number of benzene rings is 3. The average molecular weight is 729 g/mol. The zero-order valence-electron chi connectivity index (χ0n) is 30.0. The van der Waals surface area contributed by atoms with E-state index in [-0.39, 0.29) is 62.4 Å². The molecule has 274 valence electrons. The Hall–Kier alpha value is -4.72. The number of unbranched alkanes of at least 4 members (excludes halogenated alkanes) is 1. The first-order chi connectivity index (χ1) is 24.9. The second-order valence-electron chi connectivity index (χ2n) is 14.1. The van der Waals surface area contributed by atoms with E-state index < -0.39 is 31.6 Å². The fourth-order valence-electron chi connectivity index (χ4n) is 8.02. The molecule has 0 saturated carbocycles. The van der Waals surface area contributed by atoms with Crippen LogP contribution in [-0.4, -0.2) is 78.9 Å². The Morgan fingerprint density at radius 2 is 1.79 bits per heavy atom. The van der Waals surface area contributed by atoms with E-state index in [9.17, 15) is 24.3 Å². The minimum atomic E-state index is -3.61. The van der Waals surface area contributed by atoms with Crippen molar-refractivity contribution >= 4 is 42.7 Å². The van der Waals surface area contributed by atoms with Crippen LogP contribution in [0.25, 0.3) is 16.5 Å². The number of amides is 2. The Labute approximate surface area is 303 Å². The molecule has 0 bridgehead atoms. The number of esters is 1. The number of methoxy groups -OCH3 is 1. The molecule has 1 fully saturated rings. The zero-order valence-corrected chi connectivity index (χ0v) is 31.0. The van der Waals surface area contributed by atoms with Crippen molar-refractivity contribution in [2.24, 2.45) is 5.92 Å². The van der Waals surface area contributed by atoms with E-state index in [1.807, 2.05) is 49.4 Å². The number of ether oxygens (including phenoxy) is 2. The molecule has 0 radical (unpaired) electrons. The molecule has 0 unspecified atom stereocenters. The lowest BCUT2D eigenvalue weighted by atomic mass is 9.82. The molecule has 1 saturated heterocycles. The molecule has 1 N–H and O–H groups in total. The van der Waals surface area contributed by atoms with Crippen LogP contribution in [0.3, 0.4) is 0 Å². The summed E-state index contributed by atoms with van der Waals surface area (Å²) in [6, 6.07) is 21.7. The Morgan fingerprint density at radius 3 is 2.50 bits per heavy atom. The molecule has 11 nitrogen and oxygen atoms in total. The molecule has 2 amide bonds. The molecule has 13 heteroatoms. The summed E-state index contributed by atoms with van der Waals surface area (Å²) >= 11 is 0. The predicted molar refractivity (Wildman–Crippen MR) is 197 cm³/mol. The van der Waals surface area contributed by atoms with Gasteiger partial charge in [-0.15, -0.1) is 0 Å². The predicted octanol–water partition coefficient (Wildman–Crippen LogP) is 5.26. The number of fused-ring (bicyclic) bond motifs is 3. The standard InChI is InChI=1S/C39H45FN4O7Si/c1-26-36(52(3,4)40)33(23-34(46)42(20-21-45)25-27-12-6-5-7-13-27)51-39(26)31-22-29(44-37(48)30-15-9-8-14-28(30)24-41-44)17-18-32(31)43(38(39)49)19-11-10-16-35(47)50-2/h5-9,12-15,17-18,22,24,26,33,36,45H,10-11,16,19-21,23,25H2,1-4H3/t26-,33+,36-,39+/m0/s1. The van der Waals surface area contributed by atoms with Gasteiger partial charge in [0, 0.05) is 48.5 Å². The molecule has 2 aliphatic heterocycles. The highest BCUT2D eigenvalue weighted by Gasteiger charge is 2.67. The van der Waals surface area contributed by atoms with Crippen molar-refractivity contribution in [1.82, 2.24) is 14.7 Å². The SMILES string of the molecule is COC(=O)CCCCN1C(=O)[C@]2(O[C@H](CC(=O)N(CCO)Cc3ccccc3)[C@@H]([Si](C)(C)F)[C@@H]2C)c2cc(-n3ncc4ccccc4c3=O)ccc21. The van der Waals surface area contributed by atoms with Crippen molar-refractivity contribution in [3.8, 4) is 5.69 Å². The van der Waals surface area contributed by atoms with Crippen LogP contribution in [0.2, 0.25) is 18.6 Å². The molecule has 6 rings (SSSR count). The van der Waals surface area contributed by atoms with E-state index in [4.69, 9.17) is 9.47 Å². The molecule has 4 atom stereocenters. The molecular weight excluding hydrogens is 684 g/mol. The maximum Gasteiger partial charge on any atom is 0.305 e. The van der Waals surface area contributed by atoms with Crippen LogP contribution in [-0.2, 0) is 36.0 Å². The molecular formula is C39H45FN4O7Si. The van der Waals surface area contributed by atoms with Crippen LogP contribution in [0.15, 0.2) is 83.8 Å². The summed E-state index contributed by atoms with van der Waals surface area (Å²) in [5, 5.41) is 15.4. The zero-order chi connectivity index (χ0) is 37.2. The van der Waals surface area contributed by atoms with E-state index in [1.54, 1.807) is 54.5 Å². The van der Waals surface area contributed by atoms with Crippen LogP contribution in [0.4, 0.5) is 9.80 Å². The third-order valence-corrected chi connectivity index (χ3v) is 12.9. The number of halogens is 1. The van der Waals surface area contributed by atoms with Gasteiger partial charge in [-0.05, 0) is 55.8 Å². The van der Waals surface area contributed by atoms with Gasteiger partial charge in [0.05, 0.1) is 49.2 Å². The molecule has 1 spiro atoms. The lowest BCUT2D eigenvalue weighted by molar-refractivity contribution is -0.149. The average Bonchev–Trinajstić information content (AvgIpc) is 3.55. The van der Waals surface area contributed by atoms with Crippen molar-refractivity contribution in [2.75, 3.05) is 31.7 Å². The maximum atomic E-state index is 16.6. The third-order valence-electron chi connectivity index (χ3n) is 10.4. The highest BCUT2D eigenvalue weighted by Crippen LogP contribution is 2.60. The molecule has 3 aromatic carbocycles. The van der Waals surface area contributed by atoms with E-state index in [0.29, 0.717) is 40.6 Å². The summed E-state index contributed by atoms with van der Waals surface area (Å²) in [6.07, 6.45) is 1.65. The van der Waals surface area contributed by atoms with Gasteiger partial charge in [0.2, 0.25) is 14.3 Å². The quantitative estimate of drug-likeness (QED) is 0.0854. The van der Waals surface area contributed by atoms with Crippen molar-refractivity contribution < 1.29 is 33.1 Å². The summed E-state index contributed by atoms with van der Waals surface area (Å²) in [6.45, 7) is 5.31. The van der Waals surface area contributed by atoms with Gasteiger partial charge in [-0.3, -0.25) is 19.2 Å². The highest BCUT2D eigenvalue weighted by molar-refractivity contribution is 6.72. The topological polar surface area (TPSA) is 131 Å². The number of carbonyl (C=O) groups is 3. The smallest absolute Gasteiger partial charge is 0.305 e. The lowest BCUT2D eigenvalue weighted by Crippen LogP contribution is -2.45. The summed E-state index contributed by atoms with van der Waals surface area (Å²) in [7, 11) is -2.28. The first kappa shape index (κ1) is 37.0. The van der Waals surface area contributed by atoms with Crippen molar-refractivity contribution in [3.05, 3.63) is 100 Å². The van der Waals surface area contributed by atoms with Crippen LogP contribution in [0, 0.1) is 5.92 Å². The molecule has 4 aromatic rings. The van der Waals surface area contributed by atoms with Gasteiger partial charge in [-0.25, -0.2) is 0 Å². The minimum absolute atomic E-state index is 0.0836. The van der Waals surface area contributed by atoms with Crippen molar-refractivity contribution in [3.63, 3.8) is 0 Å². The molecule has 1 aromatic heterocycles. The maximum absolute atomic E-state index is 16.6. The number of hydrogen-bond acceptors (Lipinski definition) is 8. The van der Waals surface area contributed by atoms with Gasteiger partial charge in [-0.1, -0.05) is 55.5 Å². The molecule has 2 aliphatic rings. The molecule has 0 aliphatic carbocycles. The Kier molecular flexibility index (Phi) is 10.8. The molecule has 3 heterocycles. The lowest BCUT2D eigenvalue weighted by Gasteiger charge is -2.31. The fourth-order valence-corrected chi connectivity index (χ4v) is 10.5. The highest BCUT2D eigenvalue weighted by atomic mass is 28.4. The summed E-state index contributed by atoms with van der Waals surface area (Å²) in [5.74, 6) is -1.72. The normalized spacial score (nSPS) is 21.2. The van der Waals surface area contributed by atoms with Crippen molar-refractivity contribution in [1.29, 1.82) is 0 Å². The third kappa shape index (κ3) is 6.92. The Balaban J connectivity index is 1.41. The van der Waals surface area contributed by atoms with E-state index >= 15 is 4.11 Å². The number of rotatable bonds is 13. The van der Waals surface area contributed by atoms with Crippen LogP contribution in [0.5, 0.6) is 0 Å². The number of anilines is 1. The van der Waals surface area contributed by atoms with Gasteiger partial charge in [0.15, 0.2) is 5.60 Å². The summed E-state index contributed by atoms with van der Waals surface area (Å²) in [4.78, 5) is 57.4. The van der Waals surface area contributed by atoms with Crippen molar-refractivity contribution in [2.45, 2.75) is 69.5 Å². The van der Waals surface area contributed by atoms with Crippen LogP contribution >= 0.6 is 0 Å². The minimum Gasteiger partial charge on any atom is -0.469 e. The first-order valence-corrected chi connectivity index (χ1v) is 20.7. The van der Waals surface area contributed by atoms with Gasteiger partial charge in [-0.2, -0.15) is 9.78 Å². The fraction of sp³-hybridized carbons (Fsp3) is 0.410.